The van der Waals surface area contributed by atoms with Gasteiger partial charge >= 0.3 is 0 Å². The maximum atomic E-state index is 12.0. The van der Waals surface area contributed by atoms with Crippen LogP contribution in [0.15, 0.2) is 59.7 Å². The molecule has 25 heavy (non-hydrogen) atoms. The molecular weight excluding hydrogens is 338 g/mol. The normalized spacial score (nSPS) is 11.0. The van der Waals surface area contributed by atoms with Crippen molar-refractivity contribution in [3.8, 4) is 0 Å². The van der Waals surface area contributed by atoms with Gasteiger partial charge in [0.2, 0.25) is 5.91 Å². The van der Waals surface area contributed by atoms with Gasteiger partial charge in [0.15, 0.2) is 0 Å². The zero-order valence-corrected chi connectivity index (χ0v) is 14.7. The molecule has 0 atom stereocenters. The predicted octanol–water partition coefficient (Wildman–Crippen LogP) is 3.19. The number of halogens is 1. The smallest absolute Gasteiger partial charge is 0.272 e. The van der Waals surface area contributed by atoms with E-state index in [1.807, 2.05) is 30.3 Å². The van der Waals surface area contributed by atoms with Gasteiger partial charge < -0.3 is 5.32 Å². The molecular formula is C19H20ClN3O2. The number of nitrogens with one attached hydrogen (secondary N) is 2. The first-order valence-corrected chi connectivity index (χ1v) is 8.32. The highest BCUT2D eigenvalue weighted by Crippen LogP contribution is 2.14. The summed E-state index contributed by atoms with van der Waals surface area (Å²) in [6.07, 6.45) is 0.892. The molecule has 0 aromatic heterocycles. The van der Waals surface area contributed by atoms with Gasteiger partial charge in [0.05, 0.1) is 17.0 Å². The fraction of sp³-hybridized carbons (Fsp3) is 0.211. The van der Waals surface area contributed by atoms with Crippen LogP contribution in [0.2, 0.25) is 5.02 Å². The minimum atomic E-state index is -0.408. The number of benzene rings is 2. The van der Waals surface area contributed by atoms with Crippen molar-refractivity contribution in [3.05, 3.63) is 70.7 Å². The Morgan fingerprint density at radius 3 is 2.44 bits per heavy atom. The molecule has 0 spiro atoms. The van der Waals surface area contributed by atoms with Crippen LogP contribution in [-0.4, -0.2) is 24.1 Å². The van der Waals surface area contributed by atoms with Crippen LogP contribution >= 0.6 is 11.6 Å². The van der Waals surface area contributed by atoms with Crippen LogP contribution in [0.5, 0.6) is 0 Å². The molecule has 0 fully saturated rings. The Morgan fingerprint density at radius 2 is 1.72 bits per heavy atom. The quantitative estimate of drug-likeness (QED) is 0.590. The van der Waals surface area contributed by atoms with E-state index in [-0.39, 0.29) is 12.3 Å². The van der Waals surface area contributed by atoms with E-state index < -0.39 is 5.91 Å². The Bertz CT molecular complexity index is 760. The minimum Gasteiger partial charge on any atom is -0.355 e. The van der Waals surface area contributed by atoms with Crippen molar-refractivity contribution in [2.24, 2.45) is 5.10 Å². The van der Waals surface area contributed by atoms with Crippen LogP contribution in [0, 0.1) is 0 Å². The summed E-state index contributed by atoms with van der Waals surface area (Å²) in [6, 6.07) is 16.6. The molecule has 0 heterocycles. The van der Waals surface area contributed by atoms with Gasteiger partial charge in [-0.3, -0.25) is 9.59 Å². The van der Waals surface area contributed by atoms with E-state index in [0.29, 0.717) is 22.8 Å². The summed E-state index contributed by atoms with van der Waals surface area (Å²) >= 11 is 5.95. The van der Waals surface area contributed by atoms with E-state index in [0.717, 1.165) is 6.42 Å². The summed E-state index contributed by atoms with van der Waals surface area (Å²) in [6.45, 7) is 2.24. The van der Waals surface area contributed by atoms with Crippen molar-refractivity contribution in [1.82, 2.24) is 10.7 Å². The maximum Gasteiger partial charge on any atom is 0.272 e. The van der Waals surface area contributed by atoms with E-state index in [4.69, 9.17) is 11.6 Å². The van der Waals surface area contributed by atoms with Crippen LogP contribution in [0.4, 0.5) is 0 Å². The molecule has 0 saturated carbocycles. The number of carbonyl (C=O) groups is 2. The van der Waals surface area contributed by atoms with E-state index >= 15 is 0 Å². The SMILES string of the molecule is C/C(CC(=O)NCCc1ccccc1)=N/NC(=O)c1ccccc1Cl. The molecule has 0 radical (unpaired) electrons. The van der Waals surface area contributed by atoms with Gasteiger partial charge in [-0.25, -0.2) is 5.43 Å². The number of rotatable bonds is 7. The summed E-state index contributed by atoms with van der Waals surface area (Å²) in [5.74, 6) is -0.543. The Labute approximate surface area is 152 Å². The van der Waals surface area contributed by atoms with Gasteiger partial charge in [0.25, 0.3) is 5.91 Å². The molecule has 6 heteroatoms. The highest BCUT2D eigenvalue weighted by atomic mass is 35.5. The zero-order chi connectivity index (χ0) is 18.1. The van der Waals surface area contributed by atoms with Crippen LogP contribution in [-0.2, 0) is 11.2 Å². The second-order valence-electron chi connectivity index (χ2n) is 5.53. The first-order valence-electron chi connectivity index (χ1n) is 7.95. The summed E-state index contributed by atoms with van der Waals surface area (Å²) in [5, 5.41) is 7.14. The molecule has 0 unspecified atom stereocenters. The van der Waals surface area contributed by atoms with Crippen molar-refractivity contribution in [2.75, 3.05) is 6.54 Å². The molecule has 2 rings (SSSR count). The molecule has 0 saturated heterocycles. The molecule has 0 aliphatic carbocycles. The Hall–Kier alpha value is -2.66. The third-order valence-electron chi connectivity index (χ3n) is 3.46. The second-order valence-corrected chi connectivity index (χ2v) is 5.94. The molecule has 2 aromatic carbocycles. The zero-order valence-electron chi connectivity index (χ0n) is 14.0. The number of nitrogens with zero attached hydrogens (tertiary/aromatic N) is 1. The van der Waals surface area contributed by atoms with Crippen LogP contribution < -0.4 is 10.7 Å². The van der Waals surface area contributed by atoms with Crippen molar-refractivity contribution < 1.29 is 9.59 Å². The van der Waals surface area contributed by atoms with Gasteiger partial charge in [0.1, 0.15) is 0 Å². The lowest BCUT2D eigenvalue weighted by molar-refractivity contribution is -0.119. The van der Waals surface area contributed by atoms with Gasteiger partial charge in [-0.15, -0.1) is 0 Å². The van der Waals surface area contributed by atoms with Crippen LogP contribution in [0.3, 0.4) is 0 Å². The van der Waals surface area contributed by atoms with Crippen LogP contribution in [0.25, 0.3) is 0 Å². The number of hydrogen-bond acceptors (Lipinski definition) is 3. The highest BCUT2D eigenvalue weighted by molar-refractivity contribution is 6.33. The highest BCUT2D eigenvalue weighted by Gasteiger charge is 2.09. The van der Waals surface area contributed by atoms with Crippen molar-refractivity contribution in [3.63, 3.8) is 0 Å². The Kier molecular flexibility index (Phi) is 7.16. The van der Waals surface area contributed by atoms with Crippen molar-refractivity contribution >= 4 is 29.1 Å². The Balaban J connectivity index is 1.75. The van der Waals surface area contributed by atoms with E-state index in [1.54, 1.807) is 31.2 Å². The lowest BCUT2D eigenvalue weighted by Crippen LogP contribution is -2.28. The van der Waals surface area contributed by atoms with E-state index in [9.17, 15) is 9.59 Å². The first kappa shape index (κ1) is 18.7. The lowest BCUT2D eigenvalue weighted by atomic mass is 10.1. The monoisotopic (exact) mass is 357 g/mol. The molecule has 2 N–H and O–H groups in total. The average Bonchev–Trinajstić information content (AvgIpc) is 2.61. The number of amides is 2. The molecule has 0 bridgehead atoms. The average molecular weight is 358 g/mol. The largest absolute Gasteiger partial charge is 0.355 e. The summed E-state index contributed by atoms with van der Waals surface area (Å²) in [7, 11) is 0. The summed E-state index contributed by atoms with van der Waals surface area (Å²) in [4.78, 5) is 23.9. The van der Waals surface area contributed by atoms with Gasteiger partial charge in [0, 0.05) is 12.3 Å². The molecule has 0 aliphatic heterocycles. The van der Waals surface area contributed by atoms with E-state index in [2.05, 4.69) is 15.8 Å². The topological polar surface area (TPSA) is 70.6 Å². The lowest BCUT2D eigenvalue weighted by Gasteiger charge is -2.06. The molecule has 0 aliphatic rings. The second kappa shape index (κ2) is 9.59. The van der Waals surface area contributed by atoms with Gasteiger partial charge in [-0.2, -0.15) is 5.10 Å². The maximum absolute atomic E-state index is 12.0. The molecule has 2 amide bonds. The number of hydrogen-bond donors (Lipinski definition) is 2. The molecule has 5 nitrogen and oxygen atoms in total. The minimum absolute atomic E-state index is 0.123. The standard InChI is InChI=1S/C19H20ClN3O2/c1-14(22-23-19(25)16-9-5-6-10-17(16)20)13-18(24)21-12-11-15-7-3-2-4-8-15/h2-10H,11-13H2,1H3,(H,21,24)(H,23,25)/b22-14-. The predicted molar refractivity (Wildman–Crippen MR) is 99.8 cm³/mol. The fourth-order valence-electron chi connectivity index (χ4n) is 2.18. The van der Waals surface area contributed by atoms with Crippen molar-refractivity contribution in [2.45, 2.75) is 19.8 Å². The third-order valence-corrected chi connectivity index (χ3v) is 3.79. The number of carbonyl (C=O) groups excluding carboxylic acids is 2. The summed E-state index contributed by atoms with van der Waals surface area (Å²) < 4.78 is 0. The van der Waals surface area contributed by atoms with Gasteiger partial charge in [-0.1, -0.05) is 54.1 Å². The third kappa shape index (κ3) is 6.39. The Morgan fingerprint density at radius 1 is 1.04 bits per heavy atom. The fourth-order valence-corrected chi connectivity index (χ4v) is 2.40. The van der Waals surface area contributed by atoms with E-state index in [1.165, 1.54) is 5.56 Å². The van der Waals surface area contributed by atoms with Crippen LogP contribution in [0.1, 0.15) is 29.3 Å². The summed E-state index contributed by atoms with van der Waals surface area (Å²) in [5.41, 5.74) is 4.43. The van der Waals surface area contributed by atoms with Crippen molar-refractivity contribution in [1.29, 1.82) is 0 Å². The molecule has 2 aromatic rings. The first-order chi connectivity index (χ1) is 12.1. The molecule has 130 valence electrons. The van der Waals surface area contributed by atoms with Gasteiger partial charge in [-0.05, 0) is 31.0 Å². The number of hydrazone groups is 1.